The quantitative estimate of drug-likeness (QED) is 0.528. The number of amides is 1. The monoisotopic (exact) mass is 187 g/mol. The Hall–Kier alpha value is -1.31. The van der Waals surface area contributed by atoms with E-state index in [9.17, 15) is 4.79 Å². The minimum Gasteiger partial charge on any atom is -0.331 e. The van der Waals surface area contributed by atoms with Gasteiger partial charge in [-0.05, 0) is 30.4 Å². The first kappa shape index (κ1) is 8.04. The molecule has 0 spiro atoms. The molecule has 14 heavy (non-hydrogen) atoms. The maximum absolute atomic E-state index is 11.8. The molecular weight excluding hydrogens is 174 g/mol. The van der Waals surface area contributed by atoms with E-state index in [1.165, 1.54) is 11.1 Å². The second-order valence-corrected chi connectivity index (χ2v) is 4.37. The van der Waals surface area contributed by atoms with Crippen LogP contribution in [-0.2, 0) is 4.79 Å². The molecule has 0 aromatic rings. The molecule has 1 aliphatic heterocycles. The van der Waals surface area contributed by atoms with Crippen LogP contribution in [0.15, 0.2) is 34.9 Å². The molecule has 1 unspecified atom stereocenters. The Morgan fingerprint density at radius 2 is 2.21 bits per heavy atom. The van der Waals surface area contributed by atoms with Gasteiger partial charge in [0.15, 0.2) is 0 Å². The van der Waals surface area contributed by atoms with Crippen molar-refractivity contribution in [1.29, 1.82) is 0 Å². The molecule has 2 bridgehead atoms. The Morgan fingerprint density at radius 1 is 1.50 bits per heavy atom. The number of hydrogen-bond acceptors (Lipinski definition) is 1. The van der Waals surface area contributed by atoms with Crippen LogP contribution in [0.1, 0.15) is 13.3 Å². The zero-order valence-corrected chi connectivity index (χ0v) is 8.45. The minimum absolute atomic E-state index is 0.181. The molecule has 4 rings (SSSR count). The zero-order chi connectivity index (χ0) is 9.87. The van der Waals surface area contributed by atoms with Gasteiger partial charge in [0.1, 0.15) is 0 Å². The molecule has 0 radical (unpaired) electrons. The number of carbonyl (C=O) groups excluding carboxylic acids is 1. The van der Waals surface area contributed by atoms with Crippen molar-refractivity contribution in [2.45, 2.75) is 19.4 Å². The van der Waals surface area contributed by atoms with Gasteiger partial charge in [-0.15, -0.1) is 0 Å². The summed E-state index contributed by atoms with van der Waals surface area (Å²) in [6.45, 7) is 1.93. The van der Waals surface area contributed by atoms with Crippen LogP contribution in [0, 0.1) is 5.92 Å². The number of allylic oxidation sites excluding steroid dienone is 2. The van der Waals surface area contributed by atoms with Gasteiger partial charge in [0.25, 0.3) is 0 Å². The zero-order valence-electron chi connectivity index (χ0n) is 8.45. The molecular formula is C12H13NO. The summed E-state index contributed by atoms with van der Waals surface area (Å²) in [7, 11) is 1.90. The first-order chi connectivity index (χ1) is 6.68. The largest absolute Gasteiger partial charge is 0.331 e. The molecule has 0 aromatic heterocycles. The molecule has 72 valence electrons. The fourth-order valence-corrected chi connectivity index (χ4v) is 2.65. The molecule has 2 heteroatoms. The van der Waals surface area contributed by atoms with Gasteiger partial charge in [0.2, 0.25) is 5.91 Å². The lowest BCUT2D eigenvalue weighted by Gasteiger charge is -2.30. The average molecular weight is 187 g/mol. The molecule has 3 aliphatic carbocycles. The van der Waals surface area contributed by atoms with E-state index in [1.807, 2.05) is 18.9 Å². The number of carbonyl (C=O) groups is 1. The van der Waals surface area contributed by atoms with E-state index in [0.29, 0.717) is 5.92 Å². The summed E-state index contributed by atoms with van der Waals surface area (Å²) >= 11 is 0. The lowest BCUT2D eigenvalue weighted by molar-refractivity contribution is -0.125. The summed E-state index contributed by atoms with van der Waals surface area (Å²) in [6.07, 6.45) is 7.78. The van der Waals surface area contributed by atoms with Crippen molar-refractivity contribution in [3.8, 4) is 0 Å². The third kappa shape index (κ3) is 0.788. The second kappa shape index (κ2) is 2.38. The van der Waals surface area contributed by atoms with Crippen molar-refractivity contribution < 1.29 is 4.79 Å². The SMILES string of the molecule is CC1=C2C=C[C@@H]3C=C(C3)C2N(C)C1=O. The topological polar surface area (TPSA) is 20.3 Å². The van der Waals surface area contributed by atoms with Crippen molar-refractivity contribution in [3.63, 3.8) is 0 Å². The highest BCUT2D eigenvalue weighted by Gasteiger charge is 2.39. The lowest BCUT2D eigenvalue weighted by Crippen LogP contribution is -2.34. The van der Waals surface area contributed by atoms with Crippen LogP contribution in [-0.4, -0.2) is 23.9 Å². The van der Waals surface area contributed by atoms with Crippen molar-refractivity contribution in [1.82, 2.24) is 4.90 Å². The molecule has 0 N–H and O–H groups in total. The predicted octanol–water partition coefficient (Wildman–Crippen LogP) is 1.66. The molecule has 2 nitrogen and oxygen atoms in total. The van der Waals surface area contributed by atoms with Crippen LogP contribution in [0.3, 0.4) is 0 Å². The van der Waals surface area contributed by atoms with Crippen LogP contribution in [0.4, 0.5) is 0 Å². The summed E-state index contributed by atoms with van der Waals surface area (Å²) in [4.78, 5) is 13.6. The van der Waals surface area contributed by atoms with Crippen molar-refractivity contribution >= 4 is 5.91 Å². The van der Waals surface area contributed by atoms with Gasteiger partial charge in [-0.1, -0.05) is 18.2 Å². The molecule has 0 fully saturated rings. The van der Waals surface area contributed by atoms with Crippen LogP contribution < -0.4 is 0 Å². The Morgan fingerprint density at radius 3 is 2.93 bits per heavy atom. The van der Waals surface area contributed by atoms with Crippen molar-refractivity contribution in [3.05, 3.63) is 34.9 Å². The molecule has 0 aromatic carbocycles. The maximum atomic E-state index is 11.8. The highest BCUT2D eigenvalue weighted by Crippen LogP contribution is 2.42. The Labute approximate surface area is 83.6 Å². The standard InChI is InChI=1S/C12H13NO/c1-7-10-4-3-8-5-9(6-8)11(10)13(2)12(7)14/h3-5,8,11H,6H2,1-2H3/t8-,11?/m1/s1. The second-order valence-electron chi connectivity index (χ2n) is 4.37. The van der Waals surface area contributed by atoms with E-state index in [0.717, 1.165) is 12.0 Å². The van der Waals surface area contributed by atoms with Crippen LogP contribution in [0.25, 0.3) is 0 Å². The van der Waals surface area contributed by atoms with Gasteiger partial charge < -0.3 is 4.90 Å². The van der Waals surface area contributed by atoms with Crippen molar-refractivity contribution in [2.75, 3.05) is 7.05 Å². The van der Waals surface area contributed by atoms with Crippen LogP contribution >= 0.6 is 0 Å². The molecule has 0 saturated carbocycles. The maximum Gasteiger partial charge on any atom is 0.250 e. The van der Waals surface area contributed by atoms with Crippen LogP contribution in [0.2, 0.25) is 0 Å². The first-order valence-corrected chi connectivity index (χ1v) is 5.05. The van der Waals surface area contributed by atoms with E-state index >= 15 is 0 Å². The van der Waals surface area contributed by atoms with Crippen molar-refractivity contribution in [2.24, 2.45) is 5.92 Å². The summed E-state index contributed by atoms with van der Waals surface area (Å²) in [5, 5.41) is 0. The predicted molar refractivity (Wildman–Crippen MR) is 54.6 cm³/mol. The fraction of sp³-hybridized carbons (Fsp3) is 0.417. The van der Waals surface area contributed by atoms with Gasteiger partial charge in [-0.2, -0.15) is 0 Å². The molecule has 1 heterocycles. The molecule has 4 aliphatic rings. The van der Waals surface area contributed by atoms with Gasteiger partial charge in [-0.3, -0.25) is 4.79 Å². The number of rotatable bonds is 0. The highest BCUT2D eigenvalue weighted by molar-refractivity contribution is 5.98. The highest BCUT2D eigenvalue weighted by atomic mass is 16.2. The summed E-state index contributed by atoms with van der Waals surface area (Å²) < 4.78 is 0. The van der Waals surface area contributed by atoms with E-state index in [4.69, 9.17) is 0 Å². The summed E-state index contributed by atoms with van der Waals surface area (Å²) in [6, 6.07) is 0.248. The van der Waals surface area contributed by atoms with Crippen LogP contribution in [0.5, 0.6) is 0 Å². The van der Waals surface area contributed by atoms with Gasteiger partial charge in [0.05, 0.1) is 6.04 Å². The van der Waals surface area contributed by atoms with Gasteiger partial charge in [0, 0.05) is 12.6 Å². The summed E-state index contributed by atoms with van der Waals surface area (Å²) in [5.74, 6) is 0.806. The minimum atomic E-state index is 0.181. The average Bonchev–Trinajstić information content (AvgIpc) is 2.39. The number of hydrogen-bond donors (Lipinski definition) is 0. The van der Waals surface area contributed by atoms with E-state index in [2.05, 4.69) is 18.2 Å². The Kier molecular flexibility index (Phi) is 1.37. The summed E-state index contributed by atoms with van der Waals surface area (Å²) in [5.41, 5.74) is 3.55. The van der Waals surface area contributed by atoms with E-state index in [-0.39, 0.29) is 11.9 Å². The molecule has 0 saturated heterocycles. The van der Waals surface area contributed by atoms with Gasteiger partial charge in [-0.25, -0.2) is 0 Å². The fourth-order valence-electron chi connectivity index (χ4n) is 2.65. The number of nitrogens with zero attached hydrogens (tertiary/aromatic N) is 1. The Bertz CT molecular complexity index is 414. The molecule has 2 atom stereocenters. The number of likely N-dealkylation sites (N-methyl/N-ethyl adjacent to an activating group) is 1. The Balaban J connectivity index is 2.16. The van der Waals surface area contributed by atoms with E-state index in [1.54, 1.807) is 0 Å². The normalized spacial score (nSPS) is 34.0. The smallest absolute Gasteiger partial charge is 0.250 e. The third-order valence-corrected chi connectivity index (χ3v) is 3.53. The molecule has 1 amide bonds. The lowest BCUT2D eigenvalue weighted by atomic mass is 9.83. The first-order valence-electron chi connectivity index (χ1n) is 5.05. The third-order valence-electron chi connectivity index (χ3n) is 3.53. The van der Waals surface area contributed by atoms with E-state index < -0.39 is 0 Å². The van der Waals surface area contributed by atoms with Gasteiger partial charge >= 0.3 is 0 Å².